The minimum atomic E-state index is -0.239. The summed E-state index contributed by atoms with van der Waals surface area (Å²) in [6, 6.07) is 5.00. The van der Waals surface area contributed by atoms with Gasteiger partial charge in [0.25, 0.3) is 5.56 Å². The van der Waals surface area contributed by atoms with Gasteiger partial charge in [-0.2, -0.15) is 0 Å². The minimum Gasteiger partial charge on any atom is -0.494 e. The molecular weight excluding hydrogens is 242 g/mol. The molecule has 2 aromatic heterocycles. The predicted molar refractivity (Wildman–Crippen MR) is 73.3 cm³/mol. The second-order valence-corrected chi connectivity index (χ2v) is 5.28. The number of rotatable bonds is 2. The highest BCUT2D eigenvalue weighted by Crippen LogP contribution is 2.26. The van der Waals surface area contributed by atoms with Crippen molar-refractivity contribution in [1.29, 1.82) is 0 Å². The molecule has 0 radical (unpaired) electrons. The van der Waals surface area contributed by atoms with Crippen molar-refractivity contribution in [3.8, 4) is 17.1 Å². The molecule has 0 bridgehead atoms. The van der Waals surface area contributed by atoms with Crippen LogP contribution in [0.4, 0.5) is 0 Å². The van der Waals surface area contributed by atoms with Gasteiger partial charge in [-0.3, -0.25) is 9.78 Å². The SMILES string of the molecule is COc1cccnc1-c1cc(=O)[nH]c(C(C)(C)C)n1. The number of nitrogens with zero attached hydrogens (tertiary/aromatic N) is 2. The highest BCUT2D eigenvalue weighted by Gasteiger charge is 2.19. The zero-order valence-corrected chi connectivity index (χ0v) is 11.5. The molecule has 0 atom stereocenters. The van der Waals surface area contributed by atoms with E-state index < -0.39 is 0 Å². The molecule has 2 heterocycles. The van der Waals surface area contributed by atoms with Crippen molar-refractivity contribution in [3.05, 3.63) is 40.6 Å². The van der Waals surface area contributed by atoms with E-state index >= 15 is 0 Å². The Kier molecular flexibility index (Phi) is 3.38. The van der Waals surface area contributed by atoms with Gasteiger partial charge in [-0.15, -0.1) is 0 Å². The van der Waals surface area contributed by atoms with Crippen molar-refractivity contribution in [2.24, 2.45) is 0 Å². The molecule has 0 saturated heterocycles. The highest BCUT2D eigenvalue weighted by molar-refractivity contribution is 5.61. The highest BCUT2D eigenvalue weighted by atomic mass is 16.5. The fourth-order valence-corrected chi connectivity index (χ4v) is 1.68. The summed E-state index contributed by atoms with van der Waals surface area (Å²) in [6.45, 7) is 5.97. The van der Waals surface area contributed by atoms with Crippen molar-refractivity contribution < 1.29 is 4.74 Å². The predicted octanol–water partition coefficient (Wildman–Crippen LogP) is 2.14. The van der Waals surface area contributed by atoms with Crippen LogP contribution in [0.15, 0.2) is 29.2 Å². The lowest BCUT2D eigenvalue weighted by Crippen LogP contribution is -2.22. The molecule has 5 heteroatoms. The number of aromatic amines is 1. The van der Waals surface area contributed by atoms with E-state index in [1.807, 2.05) is 20.8 Å². The number of nitrogens with one attached hydrogen (secondary N) is 1. The molecule has 0 fully saturated rings. The third kappa shape index (κ3) is 2.81. The van der Waals surface area contributed by atoms with E-state index in [9.17, 15) is 4.79 Å². The van der Waals surface area contributed by atoms with Crippen LogP contribution >= 0.6 is 0 Å². The monoisotopic (exact) mass is 259 g/mol. The van der Waals surface area contributed by atoms with E-state index in [1.165, 1.54) is 6.07 Å². The molecule has 0 aromatic carbocycles. The molecule has 0 amide bonds. The molecule has 0 saturated carbocycles. The van der Waals surface area contributed by atoms with Crippen LogP contribution in [0.2, 0.25) is 0 Å². The molecule has 2 rings (SSSR count). The van der Waals surface area contributed by atoms with Crippen LogP contribution in [-0.2, 0) is 5.41 Å². The van der Waals surface area contributed by atoms with Crippen LogP contribution in [0, 0.1) is 0 Å². The third-order valence-corrected chi connectivity index (χ3v) is 2.69. The van der Waals surface area contributed by atoms with Crippen molar-refractivity contribution in [2.45, 2.75) is 26.2 Å². The van der Waals surface area contributed by atoms with E-state index in [0.717, 1.165) is 0 Å². The maximum Gasteiger partial charge on any atom is 0.251 e. The average Bonchev–Trinajstić information content (AvgIpc) is 2.37. The Morgan fingerprint density at radius 1 is 1.32 bits per heavy atom. The van der Waals surface area contributed by atoms with Gasteiger partial charge >= 0.3 is 0 Å². The van der Waals surface area contributed by atoms with Gasteiger partial charge in [0.1, 0.15) is 23.0 Å². The molecule has 0 spiro atoms. The molecule has 0 unspecified atom stereocenters. The fourth-order valence-electron chi connectivity index (χ4n) is 1.68. The lowest BCUT2D eigenvalue weighted by Gasteiger charge is -2.17. The summed E-state index contributed by atoms with van der Waals surface area (Å²) < 4.78 is 5.25. The van der Waals surface area contributed by atoms with E-state index in [0.29, 0.717) is 23.0 Å². The summed E-state index contributed by atoms with van der Waals surface area (Å²) in [5.41, 5.74) is 0.660. The summed E-state index contributed by atoms with van der Waals surface area (Å²) in [6.07, 6.45) is 1.65. The topological polar surface area (TPSA) is 67.9 Å². The van der Waals surface area contributed by atoms with Crippen molar-refractivity contribution in [3.63, 3.8) is 0 Å². The normalized spacial score (nSPS) is 11.4. The van der Waals surface area contributed by atoms with Crippen LogP contribution < -0.4 is 10.3 Å². The quantitative estimate of drug-likeness (QED) is 0.897. The van der Waals surface area contributed by atoms with E-state index in [4.69, 9.17) is 4.74 Å². The maximum atomic E-state index is 11.8. The smallest absolute Gasteiger partial charge is 0.251 e. The lowest BCUT2D eigenvalue weighted by molar-refractivity contribution is 0.414. The molecule has 19 heavy (non-hydrogen) atoms. The van der Waals surface area contributed by atoms with Gasteiger partial charge < -0.3 is 9.72 Å². The van der Waals surface area contributed by atoms with Gasteiger partial charge in [0.15, 0.2) is 0 Å². The first-order valence-corrected chi connectivity index (χ1v) is 6.03. The Hall–Kier alpha value is -2.17. The summed E-state index contributed by atoms with van der Waals surface area (Å²) in [4.78, 5) is 23.3. The Labute approximate surface area is 111 Å². The number of pyridine rings is 1. The zero-order chi connectivity index (χ0) is 14.0. The molecule has 1 N–H and O–H groups in total. The largest absolute Gasteiger partial charge is 0.494 e. The Morgan fingerprint density at radius 3 is 2.68 bits per heavy atom. The van der Waals surface area contributed by atoms with Crippen LogP contribution in [0.3, 0.4) is 0 Å². The number of methoxy groups -OCH3 is 1. The number of ether oxygens (including phenoxy) is 1. The molecular formula is C14H17N3O2. The minimum absolute atomic E-state index is 0.192. The van der Waals surface area contributed by atoms with Gasteiger partial charge in [-0.1, -0.05) is 20.8 Å². The van der Waals surface area contributed by atoms with Crippen molar-refractivity contribution in [2.75, 3.05) is 7.11 Å². The van der Waals surface area contributed by atoms with E-state index in [-0.39, 0.29) is 11.0 Å². The Bertz CT molecular complexity index is 642. The van der Waals surface area contributed by atoms with Gasteiger partial charge in [0.05, 0.1) is 7.11 Å². The zero-order valence-electron chi connectivity index (χ0n) is 11.5. The number of H-pyrrole nitrogens is 1. The van der Waals surface area contributed by atoms with Gasteiger partial charge in [-0.05, 0) is 12.1 Å². The number of hydrogen-bond acceptors (Lipinski definition) is 4. The molecule has 0 aliphatic carbocycles. The number of aromatic nitrogens is 3. The van der Waals surface area contributed by atoms with E-state index in [1.54, 1.807) is 25.4 Å². The van der Waals surface area contributed by atoms with Crippen LogP contribution in [0.5, 0.6) is 5.75 Å². The summed E-state index contributed by atoms with van der Waals surface area (Å²) in [5, 5.41) is 0. The molecule has 0 aliphatic heterocycles. The van der Waals surface area contributed by atoms with Crippen LogP contribution in [0.1, 0.15) is 26.6 Å². The molecule has 0 aliphatic rings. The first-order valence-electron chi connectivity index (χ1n) is 6.03. The third-order valence-electron chi connectivity index (χ3n) is 2.69. The van der Waals surface area contributed by atoms with Gasteiger partial charge in [0, 0.05) is 17.7 Å². The number of hydrogen-bond donors (Lipinski definition) is 1. The molecule has 5 nitrogen and oxygen atoms in total. The van der Waals surface area contributed by atoms with Crippen LogP contribution in [-0.4, -0.2) is 22.1 Å². The second-order valence-electron chi connectivity index (χ2n) is 5.28. The van der Waals surface area contributed by atoms with E-state index in [2.05, 4.69) is 15.0 Å². The average molecular weight is 259 g/mol. The first kappa shape index (κ1) is 13.3. The standard InChI is InChI=1S/C14H17N3O2/c1-14(2,3)13-16-9(8-11(18)17-13)12-10(19-4)6-5-7-15-12/h5-8H,1-4H3,(H,16,17,18). The summed E-state index contributed by atoms with van der Waals surface area (Å²) in [5.74, 6) is 1.23. The van der Waals surface area contributed by atoms with Crippen LogP contribution in [0.25, 0.3) is 11.4 Å². The van der Waals surface area contributed by atoms with Crippen molar-refractivity contribution in [1.82, 2.24) is 15.0 Å². The van der Waals surface area contributed by atoms with Gasteiger partial charge in [-0.25, -0.2) is 4.98 Å². The Morgan fingerprint density at radius 2 is 2.05 bits per heavy atom. The van der Waals surface area contributed by atoms with Crippen molar-refractivity contribution >= 4 is 0 Å². The second kappa shape index (κ2) is 4.84. The Balaban J connectivity index is 2.63. The lowest BCUT2D eigenvalue weighted by atomic mass is 9.95. The fraction of sp³-hybridized carbons (Fsp3) is 0.357. The summed E-state index contributed by atoms with van der Waals surface area (Å²) >= 11 is 0. The first-order chi connectivity index (χ1) is 8.91. The molecule has 2 aromatic rings. The maximum absolute atomic E-state index is 11.8. The summed E-state index contributed by atoms with van der Waals surface area (Å²) in [7, 11) is 1.57. The molecule has 100 valence electrons. The van der Waals surface area contributed by atoms with Gasteiger partial charge in [0.2, 0.25) is 0 Å².